The molecular formula is C30H25BrN4O3. The van der Waals surface area contributed by atoms with Crippen LogP contribution in [0.3, 0.4) is 0 Å². The summed E-state index contributed by atoms with van der Waals surface area (Å²) in [5.41, 5.74) is 6.33. The molecule has 3 aromatic carbocycles. The van der Waals surface area contributed by atoms with Crippen LogP contribution in [0, 0.1) is 0 Å². The fraction of sp³-hybridized carbons (Fsp3) is 0.167. The van der Waals surface area contributed by atoms with E-state index in [0.717, 1.165) is 49.6 Å². The van der Waals surface area contributed by atoms with E-state index in [2.05, 4.69) is 27.0 Å². The molecule has 0 bridgehead atoms. The molecule has 8 heteroatoms. The second kappa shape index (κ2) is 9.95. The van der Waals surface area contributed by atoms with Gasteiger partial charge in [0.15, 0.2) is 0 Å². The number of ether oxygens (including phenoxy) is 1. The van der Waals surface area contributed by atoms with E-state index in [4.69, 9.17) is 4.74 Å². The number of carbonyl (C=O) groups excluding carboxylic acids is 1. The number of carbonyl (C=O) groups is 1. The minimum absolute atomic E-state index is 0.122. The number of nitrogens with zero attached hydrogens (tertiary/aromatic N) is 4. The molecular weight excluding hydrogens is 544 g/mol. The summed E-state index contributed by atoms with van der Waals surface area (Å²) in [6.07, 6.45) is 4.26. The summed E-state index contributed by atoms with van der Waals surface area (Å²) in [6.45, 7) is 1.36. The number of amides is 1. The molecule has 2 aromatic heterocycles. The predicted octanol–water partition coefficient (Wildman–Crippen LogP) is 6.07. The van der Waals surface area contributed by atoms with E-state index in [0.29, 0.717) is 13.1 Å². The summed E-state index contributed by atoms with van der Waals surface area (Å²) in [5.74, 6) is 0. The summed E-state index contributed by atoms with van der Waals surface area (Å²) in [7, 11) is 1.77. The maximum atomic E-state index is 13.3. The zero-order valence-corrected chi connectivity index (χ0v) is 22.4. The van der Waals surface area contributed by atoms with Gasteiger partial charge in [-0.3, -0.25) is 14.1 Å². The van der Waals surface area contributed by atoms with Crippen LogP contribution in [-0.2, 0) is 18.4 Å². The van der Waals surface area contributed by atoms with Crippen molar-refractivity contribution in [3.8, 4) is 5.69 Å². The molecule has 0 N–H and O–H groups in total. The van der Waals surface area contributed by atoms with Gasteiger partial charge in [0, 0.05) is 30.0 Å². The molecule has 0 atom stereocenters. The number of halogens is 1. The van der Waals surface area contributed by atoms with Crippen molar-refractivity contribution in [2.45, 2.75) is 13.0 Å². The van der Waals surface area contributed by atoms with Gasteiger partial charge in [-0.25, -0.2) is 9.59 Å². The number of benzene rings is 3. The molecule has 6 rings (SSSR count). The number of hydrogen-bond donors (Lipinski definition) is 0. The van der Waals surface area contributed by atoms with Crippen molar-refractivity contribution in [2.75, 3.05) is 13.1 Å². The average molecular weight is 569 g/mol. The van der Waals surface area contributed by atoms with Crippen molar-refractivity contribution in [3.05, 3.63) is 111 Å². The highest BCUT2D eigenvalue weighted by molar-refractivity contribution is 9.10. The maximum absolute atomic E-state index is 13.3. The SMILES string of the molecule is Cn1c(=O)n(-c2ccc(C3=CCN(C(=O)OCc4ccccc4)CC3)cc2)c2c3cc(Br)ccc3ncc21. The van der Waals surface area contributed by atoms with Gasteiger partial charge in [0.2, 0.25) is 0 Å². The van der Waals surface area contributed by atoms with Crippen molar-refractivity contribution in [2.24, 2.45) is 7.05 Å². The quantitative estimate of drug-likeness (QED) is 0.264. The molecule has 7 nitrogen and oxygen atoms in total. The smallest absolute Gasteiger partial charge is 0.410 e. The zero-order valence-electron chi connectivity index (χ0n) is 20.8. The first kappa shape index (κ1) is 24.2. The van der Waals surface area contributed by atoms with E-state index in [1.165, 1.54) is 5.57 Å². The molecule has 1 aliphatic rings. The fourth-order valence-corrected chi connectivity index (χ4v) is 5.30. The number of fused-ring (bicyclic) bond motifs is 3. The summed E-state index contributed by atoms with van der Waals surface area (Å²) in [5, 5.41) is 0.910. The number of hydrogen-bond acceptors (Lipinski definition) is 4. The summed E-state index contributed by atoms with van der Waals surface area (Å²) < 4.78 is 9.78. The Balaban J connectivity index is 1.24. The van der Waals surface area contributed by atoms with Crippen LogP contribution in [0.25, 0.3) is 33.2 Å². The Hall–Kier alpha value is -4.17. The van der Waals surface area contributed by atoms with Crippen LogP contribution in [0.5, 0.6) is 0 Å². The summed E-state index contributed by atoms with van der Waals surface area (Å²) >= 11 is 3.55. The monoisotopic (exact) mass is 568 g/mol. The minimum Gasteiger partial charge on any atom is -0.445 e. The molecule has 1 aliphatic heterocycles. The van der Waals surface area contributed by atoms with Crippen LogP contribution in [0.4, 0.5) is 4.79 Å². The normalized spacial score (nSPS) is 13.6. The van der Waals surface area contributed by atoms with Crippen molar-refractivity contribution in [1.29, 1.82) is 0 Å². The lowest BCUT2D eigenvalue weighted by Gasteiger charge is -2.26. The van der Waals surface area contributed by atoms with Gasteiger partial charge in [-0.2, -0.15) is 0 Å². The number of rotatable bonds is 4. The van der Waals surface area contributed by atoms with Gasteiger partial charge < -0.3 is 9.64 Å². The first-order valence-electron chi connectivity index (χ1n) is 12.4. The fourth-order valence-electron chi connectivity index (χ4n) is 4.94. The number of aryl methyl sites for hydroxylation is 1. The molecule has 0 saturated carbocycles. The zero-order chi connectivity index (χ0) is 26.2. The Kier molecular flexibility index (Phi) is 6.33. The Morgan fingerprint density at radius 3 is 2.58 bits per heavy atom. The molecule has 0 fully saturated rings. The Labute approximate surface area is 227 Å². The summed E-state index contributed by atoms with van der Waals surface area (Å²) in [6, 6.07) is 23.6. The van der Waals surface area contributed by atoms with Crippen LogP contribution in [0.15, 0.2) is 94.3 Å². The Morgan fingerprint density at radius 1 is 1.05 bits per heavy atom. The molecule has 0 aliphatic carbocycles. The number of pyridine rings is 1. The van der Waals surface area contributed by atoms with E-state index in [1.54, 1.807) is 27.3 Å². The molecule has 0 unspecified atom stereocenters. The molecule has 0 radical (unpaired) electrons. The third-order valence-electron chi connectivity index (χ3n) is 7.01. The van der Waals surface area contributed by atoms with Crippen LogP contribution in [0.1, 0.15) is 17.5 Å². The summed E-state index contributed by atoms with van der Waals surface area (Å²) in [4.78, 5) is 32.0. The maximum Gasteiger partial charge on any atom is 0.410 e. The largest absolute Gasteiger partial charge is 0.445 e. The molecule has 3 heterocycles. The van der Waals surface area contributed by atoms with Crippen LogP contribution in [0.2, 0.25) is 0 Å². The Bertz CT molecular complexity index is 1750. The highest BCUT2D eigenvalue weighted by Gasteiger charge is 2.20. The molecule has 190 valence electrons. The van der Waals surface area contributed by atoms with Gasteiger partial charge in [0.25, 0.3) is 0 Å². The first-order chi connectivity index (χ1) is 18.5. The molecule has 38 heavy (non-hydrogen) atoms. The minimum atomic E-state index is -0.303. The molecule has 0 saturated heterocycles. The van der Waals surface area contributed by atoms with Crippen LogP contribution >= 0.6 is 15.9 Å². The second-order valence-corrected chi connectivity index (χ2v) is 10.3. The first-order valence-corrected chi connectivity index (χ1v) is 13.2. The highest BCUT2D eigenvalue weighted by Crippen LogP contribution is 2.29. The van der Waals surface area contributed by atoms with E-state index >= 15 is 0 Å². The van der Waals surface area contributed by atoms with Gasteiger partial charge in [0.05, 0.1) is 28.4 Å². The average Bonchev–Trinajstić information content (AvgIpc) is 3.22. The van der Waals surface area contributed by atoms with Crippen molar-refractivity contribution < 1.29 is 9.53 Å². The van der Waals surface area contributed by atoms with E-state index in [9.17, 15) is 9.59 Å². The third-order valence-corrected chi connectivity index (χ3v) is 7.51. The molecule has 1 amide bonds. The lowest BCUT2D eigenvalue weighted by atomic mass is 9.99. The third kappa shape index (κ3) is 4.41. The van der Waals surface area contributed by atoms with Crippen molar-refractivity contribution in [3.63, 3.8) is 0 Å². The van der Waals surface area contributed by atoms with Crippen molar-refractivity contribution >= 4 is 49.5 Å². The predicted molar refractivity (Wildman–Crippen MR) is 152 cm³/mol. The highest BCUT2D eigenvalue weighted by atomic mass is 79.9. The van der Waals surface area contributed by atoms with Crippen LogP contribution < -0.4 is 5.69 Å². The Morgan fingerprint density at radius 2 is 1.84 bits per heavy atom. The van der Waals surface area contributed by atoms with Gasteiger partial charge >= 0.3 is 11.8 Å². The van der Waals surface area contributed by atoms with E-state index < -0.39 is 0 Å². The van der Waals surface area contributed by atoms with Gasteiger partial charge in [-0.1, -0.05) is 64.5 Å². The van der Waals surface area contributed by atoms with E-state index in [1.807, 2.05) is 72.8 Å². The topological polar surface area (TPSA) is 69.4 Å². The second-order valence-electron chi connectivity index (χ2n) is 9.34. The molecule has 5 aromatic rings. The van der Waals surface area contributed by atoms with E-state index in [-0.39, 0.29) is 18.4 Å². The lowest BCUT2D eigenvalue weighted by Crippen LogP contribution is -2.35. The molecule has 0 spiro atoms. The van der Waals surface area contributed by atoms with Crippen LogP contribution in [-0.4, -0.2) is 38.2 Å². The number of imidazole rings is 1. The van der Waals surface area contributed by atoms with Gasteiger partial charge in [-0.05, 0) is 53.5 Å². The lowest BCUT2D eigenvalue weighted by molar-refractivity contribution is 0.0998. The van der Waals surface area contributed by atoms with Gasteiger partial charge in [0.1, 0.15) is 6.61 Å². The number of aromatic nitrogens is 3. The van der Waals surface area contributed by atoms with Crippen molar-refractivity contribution in [1.82, 2.24) is 19.0 Å². The standard InChI is InChI=1S/C30H25BrN4O3/c1-33-27-18-32-26-12-9-23(31)17-25(26)28(27)35(29(33)36)24-10-7-21(8-11-24)22-13-15-34(16-14-22)30(37)38-19-20-5-3-2-4-6-20/h2-13,17-18H,14-16,19H2,1H3. The van der Waals surface area contributed by atoms with Gasteiger partial charge in [-0.15, -0.1) is 0 Å².